The summed E-state index contributed by atoms with van der Waals surface area (Å²) in [5.74, 6) is -0.00842. The number of hydrogen-bond acceptors (Lipinski definition) is 5. The molecule has 100 valence electrons. The van der Waals surface area contributed by atoms with Crippen LogP contribution in [0.15, 0.2) is 29.5 Å². The van der Waals surface area contributed by atoms with Crippen molar-refractivity contribution in [2.24, 2.45) is 4.99 Å². The molecule has 2 aliphatic heterocycles. The van der Waals surface area contributed by atoms with Gasteiger partial charge in [0.2, 0.25) is 0 Å². The fourth-order valence-electron chi connectivity index (χ4n) is 2.29. The molecule has 0 N–H and O–H groups in total. The van der Waals surface area contributed by atoms with Crippen molar-refractivity contribution < 1.29 is 14.3 Å². The van der Waals surface area contributed by atoms with Crippen LogP contribution in [0.3, 0.4) is 0 Å². The van der Waals surface area contributed by atoms with Crippen LogP contribution in [0.2, 0.25) is 0 Å². The molecule has 1 aromatic heterocycles. The Labute approximate surface area is 111 Å². The molecule has 2 aliphatic rings. The molecule has 6 nitrogen and oxygen atoms in total. The van der Waals surface area contributed by atoms with E-state index in [4.69, 9.17) is 9.47 Å². The molecular weight excluding hydrogens is 246 g/mol. The molecule has 6 heteroatoms. The molecule has 0 bridgehead atoms. The van der Waals surface area contributed by atoms with E-state index in [-0.39, 0.29) is 12.0 Å². The molecule has 2 atom stereocenters. The number of nitrogens with zero attached hydrogens (tertiary/aromatic N) is 3. The van der Waals surface area contributed by atoms with E-state index in [1.807, 2.05) is 12.1 Å². The zero-order valence-electron chi connectivity index (χ0n) is 10.4. The van der Waals surface area contributed by atoms with Crippen LogP contribution in [0.4, 0.5) is 0 Å². The van der Waals surface area contributed by atoms with Gasteiger partial charge in [-0.25, -0.2) is 4.99 Å². The lowest BCUT2D eigenvalue weighted by molar-refractivity contribution is -0.138. The number of ether oxygens (including phenoxy) is 2. The summed E-state index contributed by atoms with van der Waals surface area (Å²) in [6.45, 7) is 2.40. The van der Waals surface area contributed by atoms with Gasteiger partial charge in [0.1, 0.15) is 0 Å². The maximum atomic E-state index is 12.4. The Kier molecular flexibility index (Phi) is 3.41. The molecule has 19 heavy (non-hydrogen) atoms. The molecule has 0 radical (unpaired) electrons. The van der Waals surface area contributed by atoms with Crippen LogP contribution in [0, 0.1) is 0 Å². The second kappa shape index (κ2) is 5.36. The van der Waals surface area contributed by atoms with E-state index in [9.17, 15) is 4.79 Å². The Morgan fingerprint density at radius 3 is 2.95 bits per heavy atom. The van der Waals surface area contributed by atoms with Crippen LogP contribution in [-0.4, -0.2) is 54.5 Å². The van der Waals surface area contributed by atoms with Crippen LogP contribution in [-0.2, 0) is 14.3 Å². The number of amides is 1. The lowest BCUT2D eigenvalue weighted by Crippen LogP contribution is -2.46. The number of aliphatic imine (C=N–C) groups is 1. The van der Waals surface area contributed by atoms with Crippen LogP contribution < -0.4 is 0 Å². The fraction of sp³-hybridized carbons (Fsp3) is 0.462. The van der Waals surface area contributed by atoms with Gasteiger partial charge >= 0.3 is 0 Å². The number of rotatable bonds is 2. The van der Waals surface area contributed by atoms with E-state index in [0.29, 0.717) is 26.3 Å². The van der Waals surface area contributed by atoms with E-state index in [1.54, 1.807) is 17.3 Å². The van der Waals surface area contributed by atoms with Crippen molar-refractivity contribution in [3.05, 3.63) is 30.1 Å². The van der Waals surface area contributed by atoms with Gasteiger partial charge in [0.05, 0.1) is 13.2 Å². The van der Waals surface area contributed by atoms with Crippen molar-refractivity contribution in [1.82, 2.24) is 9.88 Å². The van der Waals surface area contributed by atoms with E-state index >= 15 is 0 Å². The van der Waals surface area contributed by atoms with Crippen LogP contribution >= 0.6 is 0 Å². The lowest BCUT2D eigenvalue weighted by Gasteiger charge is -2.29. The number of carbonyl (C=O) groups is 1. The largest absolute Gasteiger partial charge is 0.473 e. The first kappa shape index (κ1) is 12.1. The number of pyridine rings is 1. The number of morpholine rings is 1. The minimum Gasteiger partial charge on any atom is -0.473 e. The zero-order valence-corrected chi connectivity index (χ0v) is 10.4. The molecule has 1 fully saturated rings. The molecule has 0 aromatic carbocycles. The van der Waals surface area contributed by atoms with Crippen molar-refractivity contribution >= 4 is 12.3 Å². The summed E-state index contributed by atoms with van der Waals surface area (Å²) < 4.78 is 10.7. The molecule has 1 aromatic rings. The average molecular weight is 261 g/mol. The molecule has 0 aliphatic carbocycles. The number of carbonyl (C=O) groups excluding carboxylic acids is 1. The Balaban J connectivity index is 1.75. The SMILES string of the molecule is O=C([C@H]1N=COC1c1cccnc1)N1CCOCC1. The molecule has 1 saturated heterocycles. The highest BCUT2D eigenvalue weighted by Gasteiger charge is 2.37. The van der Waals surface area contributed by atoms with Gasteiger partial charge in [-0.1, -0.05) is 6.07 Å². The quantitative estimate of drug-likeness (QED) is 0.773. The highest BCUT2D eigenvalue weighted by molar-refractivity contribution is 5.85. The summed E-state index contributed by atoms with van der Waals surface area (Å²) in [5.41, 5.74) is 0.867. The van der Waals surface area contributed by atoms with Gasteiger partial charge in [-0.3, -0.25) is 9.78 Å². The summed E-state index contributed by atoms with van der Waals surface area (Å²) in [6.07, 6.45) is 4.39. The first-order valence-electron chi connectivity index (χ1n) is 6.30. The summed E-state index contributed by atoms with van der Waals surface area (Å²) in [4.78, 5) is 22.4. The third-order valence-corrected chi connectivity index (χ3v) is 3.30. The molecule has 3 rings (SSSR count). The monoisotopic (exact) mass is 261 g/mol. The van der Waals surface area contributed by atoms with Crippen LogP contribution in [0.1, 0.15) is 11.7 Å². The van der Waals surface area contributed by atoms with Gasteiger partial charge < -0.3 is 14.4 Å². The molecular formula is C13H15N3O3. The number of aromatic nitrogens is 1. The second-order valence-corrected chi connectivity index (χ2v) is 4.48. The van der Waals surface area contributed by atoms with Crippen molar-refractivity contribution in [2.45, 2.75) is 12.1 Å². The molecule has 1 amide bonds. The van der Waals surface area contributed by atoms with E-state index in [1.165, 1.54) is 6.40 Å². The minimum atomic E-state index is -0.512. The Morgan fingerprint density at radius 2 is 2.21 bits per heavy atom. The maximum absolute atomic E-state index is 12.4. The van der Waals surface area contributed by atoms with Crippen LogP contribution in [0.25, 0.3) is 0 Å². The van der Waals surface area contributed by atoms with Gasteiger partial charge in [0.15, 0.2) is 18.5 Å². The fourth-order valence-corrected chi connectivity index (χ4v) is 2.29. The van der Waals surface area contributed by atoms with Gasteiger partial charge in [0.25, 0.3) is 5.91 Å². The first-order chi connectivity index (χ1) is 9.36. The van der Waals surface area contributed by atoms with Gasteiger partial charge in [-0.2, -0.15) is 0 Å². The predicted octanol–water partition coefficient (Wildman–Crippen LogP) is 0.409. The van der Waals surface area contributed by atoms with E-state index in [0.717, 1.165) is 5.56 Å². The van der Waals surface area contributed by atoms with Crippen molar-refractivity contribution in [3.63, 3.8) is 0 Å². The maximum Gasteiger partial charge on any atom is 0.251 e. The summed E-state index contributed by atoms with van der Waals surface area (Å²) in [5, 5.41) is 0. The Hall–Kier alpha value is -1.95. The average Bonchev–Trinajstić information content (AvgIpc) is 2.98. The third kappa shape index (κ3) is 2.44. The molecule has 1 unspecified atom stereocenters. The summed E-state index contributed by atoms with van der Waals surface area (Å²) in [7, 11) is 0. The van der Waals surface area contributed by atoms with Crippen LogP contribution in [0.5, 0.6) is 0 Å². The third-order valence-electron chi connectivity index (χ3n) is 3.30. The highest BCUT2D eigenvalue weighted by atomic mass is 16.5. The standard InChI is InChI=1S/C13H15N3O3/c17-13(16-4-6-18-7-5-16)11-12(19-9-15-11)10-2-1-3-14-8-10/h1-3,8-9,11-12H,4-7H2/t11-,12?/m0/s1. The predicted molar refractivity (Wildman–Crippen MR) is 67.7 cm³/mol. The second-order valence-electron chi connectivity index (χ2n) is 4.48. The smallest absolute Gasteiger partial charge is 0.251 e. The van der Waals surface area contributed by atoms with Gasteiger partial charge in [-0.05, 0) is 6.07 Å². The molecule has 3 heterocycles. The van der Waals surface area contributed by atoms with Crippen molar-refractivity contribution in [3.8, 4) is 0 Å². The summed E-state index contributed by atoms with van der Waals surface area (Å²) in [6, 6.07) is 3.21. The topological polar surface area (TPSA) is 64.0 Å². The summed E-state index contributed by atoms with van der Waals surface area (Å²) >= 11 is 0. The van der Waals surface area contributed by atoms with E-state index < -0.39 is 6.04 Å². The van der Waals surface area contributed by atoms with E-state index in [2.05, 4.69) is 9.98 Å². The Bertz CT molecular complexity index is 471. The van der Waals surface area contributed by atoms with Crippen molar-refractivity contribution in [2.75, 3.05) is 26.3 Å². The Morgan fingerprint density at radius 1 is 1.37 bits per heavy atom. The van der Waals surface area contributed by atoms with Crippen molar-refractivity contribution in [1.29, 1.82) is 0 Å². The first-order valence-corrected chi connectivity index (χ1v) is 6.30. The molecule has 0 saturated carbocycles. The lowest BCUT2D eigenvalue weighted by atomic mass is 10.0. The molecule has 0 spiro atoms. The minimum absolute atomic E-state index is 0.00842. The number of hydrogen-bond donors (Lipinski definition) is 0. The van der Waals surface area contributed by atoms with Gasteiger partial charge in [0, 0.05) is 31.0 Å². The van der Waals surface area contributed by atoms with Gasteiger partial charge in [-0.15, -0.1) is 0 Å². The highest BCUT2D eigenvalue weighted by Crippen LogP contribution is 2.27. The normalized spacial score (nSPS) is 26.2. The zero-order chi connectivity index (χ0) is 13.1.